The molecule has 0 aliphatic rings. The number of hydrogen-bond donors (Lipinski definition) is 2. The number of para-hydroxylation sites is 1. The second kappa shape index (κ2) is 6.06. The van der Waals surface area contributed by atoms with E-state index in [1.807, 2.05) is 17.8 Å². The number of anilines is 1. The Hall–Kier alpha value is -1.86. The van der Waals surface area contributed by atoms with Crippen LogP contribution in [0.5, 0.6) is 0 Å². The van der Waals surface area contributed by atoms with Crippen LogP contribution in [-0.2, 0) is 16.6 Å². The number of hydrogen-bond acceptors (Lipinski definition) is 4. The molecule has 20 heavy (non-hydrogen) atoms. The largest absolute Gasteiger partial charge is 0.382 e. The van der Waals surface area contributed by atoms with Crippen LogP contribution in [0.25, 0.3) is 0 Å². The average molecular weight is 294 g/mol. The molecule has 1 aromatic heterocycles. The Morgan fingerprint density at radius 1 is 1.30 bits per heavy atom. The van der Waals surface area contributed by atoms with Crippen molar-refractivity contribution < 1.29 is 8.42 Å². The lowest BCUT2D eigenvalue weighted by atomic mass is 10.3. The highest BCUT2D eigenvalue weighted by Crippen LogP contribution is 2.19. The van der Waals surface area contributed by atoms with Crippen molar-refractivity contribution in [3.05, 3.63) is 42.2 Å². The maximum absolute atomic E-state index is 11.9. The summed E-state index contributed by atoms with van der Waals surface area (Å²) >= 11 is 0. The summed E-state index contributed by atoms with van der Waals surface area (Å²) in [6, 6.07) is 6.83. The molecule has 2 N–H and O–H groups in total. The summed E-state index contributed by atoms with van der Waals surface area (Å²) in [5.74, 6) is 0. The zero-order valence-corrected chi connectivity index (χ0v) is 12.3. The number of rotatable bonds is 6. The van der Waals surface area contributed by atoms with Crippen LogP contribution < -0.4 is 10.0 Å². The van der Waals surface area contributed by atoms with Crippen molar-refractivity contribution in [1.29, 1.82) is 0 Å². The van der Waals surface area contributed by atoms with E-state index in [1.54, 1.807) is 30.5 Å². The Balaban J connectivity index is 2.06. The summed E-state index contributed by atoms with van der Waals surface area (Å²) in [5, 5.41) is 7.31. The molecule has 2 rings (SSSR count). The fourth-order valence-corrected chi connectivity index (χ4v) is 2.76. The van der Waals surface area contributed by atoms with E-state index in [9.17, 15) is 8.42 Å². The van der Waals surface area contributed by atoms with Gasteiger partial charge in [-0.15, -0.1) is 0 Å². The quantitative estimate of drug-likeness (QED) is 0.839. The first-order valence-corrected chi connectivity index (χ1v) is 7.77. The lowest BCUT2D eigenvalue weighted by Gasteiger charge is -2.11. The van der Waals surface area contributed by atoms with Crippen LogP contribution in [0.15, 0.2) is 41.6 Å². The SMILES string of the molecule is CNS(=O)(=O)c1ccccc1NCCn1cc(C)cn1. The van der Waals surface area contributed by atoms with Gasteiger partial charge in [0.25, 0.3) is 0 Å². The molecule has 0 saturated carbocycles. The molecule has 0 bridgehead atoms. The van der Waals surface area contributed by atoms with Gasteiger partial charge in [0.2, 0.25) is 10.0 Å². The molecule has 1 aromatic carbocycles. The molecule has 0 amide bonds. The highest BCUT2D eigenvalue weighted by Gasteiger charge is 2.15. The molecule has 1 heterocycles. The van der Waals surface area contributed by atoms with Crippen LogP contribution >= 0.6 is 0 Å². The summed E-state index contributed by atoms with van der Waals surface area (Å²) < 4.78 is 27.9. The van der Waals surface area contributed by atoms with E-state index in [0.717, 1.165) is 5.56 Å². The van der Waals surface area contributed by atoms with Gasteiger partial charge >= 0.3 is 0 Å². The van der Waals surface area contributed by atoms with E-state index >= 15 is 0 Å². The van der Waals surface area contributed by atoms with Gasteiger partial charge in [0.1, 0.15) is 4.90 Å². The van der Waals surface area contributed by atoms with Crippen molar-refractivity contribution in [1.82, 2.24) is 14.5 Å². The molecular weight excluding hydrogens is 276 g/mol. The molecule has 108 valence electrons. The molecule has 0 atom stereocenters. The minimum absolute atomic E-state index is 0.249. The Bertz CT molecular complexity index is 679. The molecule has 0 unspecified atom stereocenters. The van der Waals surface area contributed by atoms with Crippen molar-refractivity contribution >= 4 is 15.7 Å². The standard InChI is InChI=1S/C13H18N4O2S/c1-11-9-16-17(10-11)8-7-15-12-5-3-4-6-13(12)20(18,19)14-2/h3-6,9-10,14-15H,7-8H2,1-2H3. The molecule has 6 nitrogen and oxygen atoms in total. The molecule has 0 radical (unpaired) electrons. The van der Waals surface area contributed by atoms with Crippen molar-refractivity contribution in [2.24, 2.45) is 0 Å². The summed E-state index contributed by atoms with van der Waals surface area (Å²) in [6.07, 6.45) is 3.73. The van der Waals surface area contributed by atoms with E-state index < -0.39 is 10.0 Å². The van der Waals surface area contributed by atoms with Gasteiger partial charge in [-0.25, -0.2) is 13.1 Å². The van der Waals surface area contributed by atoms with E-state index in [4.69, 9.17) is 0 Å². The molecule has 2 aromatic rings. The van der Waals surface area contributed by atoms with Crippen molar-refractivity contribution in [3.8, 4) is 0 Å². The number of aromatic nitrogens is 2. The Kier molecular flexibility index (Phi) is 4.41. The summed E-state index contributed by atoms with van der Waals surface area (Å²) in [5.41, 5.74) is 1.69. The zero-order valence-electron chi connectivity index (χ0n) is 11.5. The number of sulfonamides is 1. The molecule has 0 aliphatic heterocycles. The predicted molar refractivity (Wildman–Crippen MR) is 78.1 cm³/mol. The molecule has 0 saturated heterocycles. The highest BCUT2D eigenvalue weighted by molar-refractivity contribution is 7.89. The van der Waals surface area contributed by atoms with Crippen LogP contribution in [-0.4, -0.2) is 31.8 Å². The monoisotopic (exact) mass is 294 g/mol. The number of nitrogens with one attached hydrogen (secondary N) is 2. The second-order valence-electron chi connectivity index (χ2n) is 4.41. The van der Waals surface area contributed by atoms with Crippen molar-refractivity contribution in [2.45, 2.75) is 18.4 Å². The normalized spacial score (nSPS) is 11.5. The van der Waals surface area contributed by atoms with Crippen molar-refractivity contribution in [2.75, 3.05) is 18.9 Å². The minimum atomic E-state index is -3.45. The van der Waals surface area contributed by atoms with Crippen LogP contribution in [0.3, 0.4) is 0 Å². The zero-order chi connectivity index (χ0) is 14.6. The van der Waals surface area contributed by atoms with Crippen LogP contribution in [0, 0.1) is 6.92 Å². The Labute approximate surface area is 118 Å². The Morgan fingerprint density at radius 3 is 2.70 bits per heavy atom. The third kappa shape index (κ3) is 3.37. The van der Waals surface area contributed by atoms with Crippen LogP contribution in [0.2, 0.25) is 0 Å². The van der Waals surface area contributed by atoms with Gasteiger partial charge in [0.15, 0.2) is 0 Å². The van der Waals surface area contributed by atoms with E-state index in [1.165, 1.54) is 7.05 Å². The van der Waals surface area contributed by atoms with Crippen molar-refractivity contribution in [3.63, 3.8) is 0 Å². The van der Waals surface area contributed by atoms with Gasteiger partial charge in [0, 0.05) is 12.7 Å². The lowest BCUT2D eigenvalue weighted by Crippen LogP contribution is -2.21. The summed E-state index contributed by atoms with van der Waals surface area (Å²) in [6.45, 7) is 3.24. The average Bonchev–Trinajstić information content (AvgIpc) is 2.85. The maximum Gasteiger partial charge on any atom is 0.242 e. The summed E-state index contributed by atoms with van der Waals surface area (Å²) in [4.78, 5) is 0.249. The van der Waals surface area contributed by atoms with Gasteiger partial charge in [-0.2, -0.15) is 5.10 Å². The first-order valence-electron chi connectivity index (χ1n) is 6.28. The third-order valence-corrected chi connectivity index (χ3v) is 4.34. The predicted octanol–water partition coefficient (Wildman–Crippen LogP) is 1.21. The molecule has 0 spiro atoms. The molecule has 7 heteroatoms. The smallest absolute Gasteiger partial charge is 0.242 e. The number of aryl methyl sites for hydroxylation is 1. The van der Waals surface area contributed by atoms with E-state index in [-0.39, 0.29) is 4.90 Å². The molecule has 0 fully saturated rings. The third-order valence-electron chi connectivity index (χ3n) is 2.86. The van der Waals surface area contributed by atoms with E-state index in [2.05, 4.69) is 15.1 Å². The fourth-order valence-electron chi connectivity index (χ4n) is 1.85. The van der Waals surface area contributed by atoms with E-state index in [0.29, 0.717) is 18.8 Å². The maximum atomic E-state index is 11.9. The molecule has 0 aliphatic carbocycles. The molecular formula is C13H18N4O2S. The van der Waals surface area contributed by atoms with Gasteiger partial charge in [-0.05, 0) is 31.7 Å². The fraction of sp³-hybridized carbons (Fsp3) is 0.308. The summed E-state index contributed by atoms with van der Waals surface area (Å²) in [7, 11) is -2.05. The Morgan fingerprint density at radius 2 is 2.05 bits per heavy atom. The lowest BCUT2D eigenvalue weighted by molar-refractivity contribution is 0.588. The first-order chi connectivity index (χ1) is 9.53. The highest BCUT2D eigenvalue weighted by atomic mass is 32.2. The topological polar surface area (TPSA) is 76.0 Å². The number of benzene rings is 1. The van der Waals surface area contributed by atoms with Gasteiger partial charge in [0.05, 0.1) is 18.4 Å². The first kappa shape index (κ1) is 14.5. The second-order valence-corrected chi connectivity index (χ2v) is 6.27. The van der Waals surface area contributed by atoms with Crippen LogP contribution in [0.1, 0.15) is 5.56 Å². The van der Waals surface area contributed by atoms with Crippen LogP contribution in [0.4, 0.5) is 5.69 Å². The number of nitrogens with zero attached hydrogens (tertiary/aromatic N) is 2. The van der Waals surface area contributed by atoms with Gasteiger partial charge in [-0.1, -0.05) is 12.1 Å². The minimum Gasteiger partial charge on any atom is -0.382 e. The van der Waals surface area contributed by atoms with Gasteiger partial charge < -0.3 is 5.32 Å². The van der Waals surface area contributed by atoms with Gasteiger partial charge in [-0.3, -0.25) is 4.68 Å².